The fourth-order valence-corrected chi connectivity index (χ4v) is 2.25. The molecule has 0 bridgehead atoms. The molecule has 0 saturated heterocycles. The monoisotopic (exact) mass is 180 g/mol. The molecular formula is C12H20O. The van der Waals surface area contributed by atoms with E-state index in [9.17, 15) is 4.79 Å². The number of allylic oxidation sites excluding steroid dienone is 1. The van der Waals surface area contributed by atoms with Gasteiger partial charge in [0.25, 0.3) is 0 Å². The Morgan fingerprint density at radius 1 is 1.46 bits per heavy atom. The molecule has 1 rings (SSSR count). The molecule has 1 aliphatic carbocycles. The number of carbonyl (C=O) groups is 1. The van der Waals surface area contributed by atoms with Gasteiger partial charge in [-0.2, -0.15) is 0 Å². The van der Waals surface area contributed by atoms with Gasteiger partial charge >= 0.3 is 0 Å². The van der Waals surface area contributed by atoms with Crippen LogP contribution in [0.2, 0.25) is 0 Å². The average molecular weight is 180 g/mol. The van der Waals surface area contributed by atoms with Crippen molar-refractivity contribution >= 4 is 5.78 Å². The van der Waals surface area contributed by atoms with Crippen molar-refractivity contribution in [1.82, 2.24) is 0 Å². The van der Waals surface area contributed by atoms with Gasteiger partial charge in [0.1, 0.15) is 0 Å². The van der Waals surface area contributed by atoms with Crippen LogP contribution in [0.25, 0.3) is 0 Å². The predicted molar refractivity (Wildman–Crippen MR) is 55.6 cm³/mol. The molecule has 0 N–H and O–H groups in total. The Balaban J connectivity index is 2.51. The fraction of sp³-hybridized carbons (Fsp3) is 0.750. The Hall–Kier alpha value is -0.590. The molecule has 0 aromatic heterocycles. The summed E-state index contributed by atoms with van der Waals surface area (Å²) in [5, 5.41) is 0. The minimum absolute atomic E-state index is 0.288. The molecule has 0 aromatic carbocycles. The van der Waals surface area contributed by atoms with Crippen molar-refractivity contribution < 1.29 is 4.79 Å². The van der Waals surface area contributed by atoms with Crippen LogP contribution in [-0.4, -0.2) is 5.78 Å². The van der Waals surface area contributed by atoms with Crippen LogP contribution >= 0.6 is 0 Å². The highest BCUT2D eigenvalue weighted by Gasteiger charge is 2.26. The van der Waals surface area contributed by atoms with Crippen LogP contribution in [0.5, 0.6) is 0 Å². The molecule has 0 aliphatic heterocycles. The molecule has 1 saturated carbocycles. The first-order valence-electron chi connectivity index (χ1n) is 5.34. The lowest BCUT2D eigenvalue weighted by Gasteiger charge is -2.27. The Bertz CT molecular complexity index is 205. The zero-order valence-corrected chi connectivity index (χ0v) is 8.81. The molecule has 1 fully saturated rings. The zero-order chi connectivity index (χ0) is 9.84. The highest BCUT2D eigenvalue weighted by Crippen LogP contribution is 2.32. The predicted octanol–water partition coefficient (Wildman–Crippen LogP) is 3.35. The summed E-state index contributed by atoms with van der Waals surface area (Å²) in [4.78, 5) is 11.7. The first-order chi connectivity index (χ1) is 6.15. The van der Waals surface area contributed by atoms with Gasteiger partial charge in [0.2, 0.25) is 0 Å². The molecule has 0 amide bonds. The second-order valence-corrected chi connectivity index (χ2v) is 4.28. The van der Waals surface area contributed by atoms with Crippen molar-refractivity contribution in [2.75, 3.05) is 0 Å². The Labute approximate surface area is 81.2 Å². The number of rotatable bonds is 3. The third-order valence-electron chi connectivity index (χ3n) is 3.15. The van der Waals surface area contributed by atoms with Gasteiger partial charge in [-0.3, -0.25) is 4.79 Å². The quantitative estimate of drug-likeness (QED) is 0.609. The van der Waals surface area contributed by atoms with E-state index in [1.165, 1.54) is 19.3 Å². The van der Waals surface area contributed by atoms with Crippen molar-refractivity contribution in [1.29, 1.82) is 0 Å². The van der Waals surface area contributed by atoms with Crippen LogP contribution in [0.15, 0.2) is 12.2 Å². The maximum Gasteiger partial charge on any atom is 0.161 e. The van der Waals surface area contributed by atoms with E-state index in [4.69, 9.17) is 0 Å². The maximum atomic E-state index is 11.7. The van der Waals surface area contributed by atoms with E-state index in [-0.39, 0.29) is 5.92 Å². The molecule has 0 aromatic rings. The largest absolute Gasteiger partial charge is 0.294 e. The van der Waals surface area contributed by atoms with Gasteiger partial charge in [-0.15, -0.1) is 0 Å². The Morgan fingerprint density at radius 3 is 2.69 bits per heavy atom. The minimum Gasteiger partial charge on any atom is -0.294 e. The second kappa shape index (κ2) is 4.59. The van der Waals surface area contributed by atoms with E-state index in [2.05, 4.69) is 13.5 Å². The summed E-state index contributed by atoms with van der Waals surface area (Å²) in [6.07, 6.45) is 5.95. The van der Waals surface area contributed by atoms with Crippen LogP contribution in [0.3, 0.4) is 0 Å². The van der Waals surface area contributed by atoms with Gasteiger partial charge in [0, 0.05) is 5.92 Å². The topological polar surface area (TPSA) is 17.1 Å². The molecule has 1 heteroatoms. The molecule has 0 spiro atoms. The number of carbonyl (C=O) groups excluding carboxylic acids is 1. The highest BCUT2D eigenvalue weighted by molar-refractivity contribution is 5.96. The summed E-state index contributed by atoms with van der Waals surface area (Å²) in [6.45, 7) is 7.78. The van der Waals surface area contributed by atoms with Gasteiger partial charge in [-0.05, 0) is 31.3 Å². The number of Topliss-reactive ketones (excluding diaryl/α,β-unsaturated/α-hetero) is 1. The molecule has 2 atom stereocenters. The average Bonchev–Trinajstić information content (AvgIpc) is 2.16. The van der Waals surface area contributed by atoms with Gasteiger partial charge < -0.3 is 0 Å². The molecule has 74 valence electrons. The van der Waals surface area contributed by atoms with Crippen LogP contribution in [0.1, 0.15) is 46.0 Å². The summed E-state index contributed by atoms with van der Waals surface area (Å²) >= 11 is 0. The van der Waals surface area contributed by atoms with Crippen molar-refractivity contribution in [2.45, 2.75) is 46.0 Å². The summed E-state index contributed by atoms with van der Waals surface area (Å²) in [5.74, 6) is 1.37. The molecule has 1 aliphatic rings. The Morgan fingerprint density at radius 2 is 2.15 bits per heavy atom. The lowest BCUT2D eigenvalue weighted by Crippen LogP contribution is -2.22. The molecule has 2 unspecified atom stereocenters. The number of hydrogen-bond acceptors (Lipinski definition) is 1. The smallest absolute Gasteiger partial charge is 0.161 e. The minimum atomic E-state index is 0.288. The molecule has 0 heterocycles. The summed E-state index contributed by atoms with van der Waals surface area (Å²) in [5.41, 5.74) is 0.738. The Kier molecular flexibility index (Phi) is 3.71. The zero-order valence-electron chi connectivity index (χ0n) is 8.81. The summed E-state index contributed by atoms with van der Waals surface area (Å²) < 4.78 is 0. The third kappa shape index (κ3) is 2.68. The fourth-order valence-electron chi connectivity index (χ4n) is 2.25. The van der Waals surface area contributed by atoms with Gasteiger partial charge in [-0.1, -0.05) is 32.8 Å². The van der Waals surface area contributed by atoms with Crippen LogP contribution in [0.4, 0.5) is 0 Å². The lowest BCUT2D eigenvalue weighted by molar-refractivity contribution is -0.120. The molecule has 13 heavy (non-hydrogen) atoms. The number of hydrogen-bond donors (Lipinski definition) is 0. The molecule has 1 nitrogen and oxygen atoms in total. The third-order valence-corrected chi connectivity index (χ3v) is 3.15. The maximum absolute atomic E-state index is 11.7. The van der Waals surface area contributed by atoms with Gasteiger partial charge in [-0.25, -0.2) is 0 Å². The molecular weight excluding hydrogens is 160 g/mol. The van der Waals surface area contributed by atoms with E-state index in [1.807, 2.05) is 6.92 Å². The van der Waals surface area contributed by atoms with Crippen LogP contribution < -0.4 is 0 Å². The van der Waals surface area contributed by atoms with E-state index >= 15 is 0 Å². The second-order valence-electron chi connectivity index (χ2n) is 4.28. The van der Waals surface area contributed by atoms with E-state index in [0.29, 0.717) is 5.78 Å². The normalized spacial score (nSPS) is 28.5. The number of ketones is 1. The van der Waals surface area contributed by atoms with Crippen LogP contribution in [0, 0.1) is 11.8 Å². The van der Waals surface area contributed by atoms with Crippen molar-refractivity contribution in [3.8, 4) is 0 Å². The van der Waals surface area contributed by atoms with E-state index in [0.717, 1.165) is 24.3 Å². The first kappa shape index (κ1) is 10.5. The summed E-state index contributed by atoms with van der Waals surface area (Å²) in [7, 11) is 0. The molecule has 0 radical (unpaired) electrons. The van der Waals surface area contributed by atoms with Gasteiger partial charge in [0.05, 0.1) is 0 Å². The highest BCUT2D eigenvalue weighted by atomic mass is 16.1. The SMILES string of the molecule is C=C(C)C(=O)C1CCCC(CC)C1. The van der Waals surface area contributed by atoms with Crippen molar-refractivity contribution in [3.05, 3.63) is 12.2 Å². The van der Waals surface area contributed by atoms with Crippen molar-refractivity contribution in [2.24, 2.45) is 11.8 Å². The van der Waals surface area contributed by atoms with Crippen molar-refractivity contribution in [3.63, 3.8) is 0 Å². The lowest BCUT2D eigenvalue weighted by atomic mass is 9.77. The van der Waals surface area contributed by atoms with Gasteiger partial charge in [0.15, 0.2) is 5.78 Å². The van der Waals surface area contributed by atoms with E-state index < -0.39 is 0 Å². The van der Waals surface area contributed by atoms with Crippen LogP contribution in [-0.2, 0) is 4.79 Å². The summed E-state index contributed by atoms with van der Waals surface area (Å²) in [6, 6.07) is 0. The van der Waals surface area contributed by atoms with E-state index in [1.54, 1.807) is 0 Å². The standard InChI is InChI=1S/C12H20O/c1-4-10-6-5-7-11(8-10)12(13)9(2)3/h10-11H,2,4-8H2,1,3H3. The first-order valence-corrected chi connectivity index (χ1v) is 5.34.